The molecule has 2 heterocycles. The molecule has 1 aromatic heterocycles. The first-order valence-electron chi connectivity index (χ1n) is 9.38. The van der Waals surface area contributed by atoms with E-state index in [2.05, 4.69) is 5.10 Å². The fourth-order valence-electron chi connectivity index (χ4n) is 3.45. The van der Waals surface area contributed by atoms with Gasteiger partial charge in [-0.05, 0) is 46.1 Å². The van der Waals surface area contributed by atoms with Gasteiger partial charge in [-0.25, -0.2) is 9.48 Å². The molecule has 3 rings (SSSR count). The van der Waals surface area contributed by atoms with Crippen LogP contribution in [0.5, 0.6) is 0 Å². The Hall–Kier alpha value is -2.70. The normalized spacial score (nSPS) is 17.3. The van der Waals surface area contributed by atoms with E-state index in [-0.39, 0.29) is 35.9 Å². The summed E-state index contributed by atoms with van der Waals surface area (Å²) in [5.41, 5.74) is -0.200. The molecule has 0 spiro atoms. The number of nitrogens with zero attached hydrogens (tertiary/aromatic N) is 3. The van der Waals surface area contributed by atoms with Gasteiger partial charge < -0.3 is 9.64 Å². The van der Waals surface area contributed by atoms with Gasteiger partial charge in [-0.15, -0.1) is 0 Å². The van der Waals surface area contributed by atoms with Crippen LogP contribution in [0.2, 0.25) is 0 Å². The number of likely N-dealkylation sites (tertiary alicyclic amines) is 1. The summed E-state index contributed by atoms with van der Waals surface area (Å²) in [6.45, 7) is 6.02. The first kappa shape index (κ1) is 19.1. The lowest BCUT2D eigenvalue weighted by Gasteiger charge is -2.33. The number of hydrogen-bond acceptors (Lipinski definition) is 5. The third-order valence-electron chi connectivity index (χ3n) is 4.96. The van der Waals surface area contributed by atoms with Crippen molar-refractivity contribution in [3.63, 3.8) is 0 Å². The zero-order valence-electron chi connectivity index (χ0n) is 16.0. The van der Waals surface area contributed by atoms with E-state index < -0.39 is 5.97 Å². The Kier molecular flexibility index (Phi) is 5.58. The number of rotatable bonds is 4. The van der Waals surface area contributed by atoms with Crippen molar-refractivity contribution in [1.29, 1.82) is 0 Å². The molecule has 7 heteroatoms. The second-order valence-corrected chi connectivity index (χ2v) is 7.25. The molecule has 0 aliphatic carbocycles. The van der Waals surface area contributed by atoms with E-state index in [1.807, 2.05) is 20.8 Å². The van der Waals surface area contributed by atoms with Gasteiger partial charge in [0, 0.05) is 18.0 Å². The molecule has 1 amide bonds. The van der Waals surface area contributed by atoms with Crippen molar-refractivity contribution in [2.45, 2.75) is 52.1 Å². The molecule has 7 nitrogen and oxygen atoms in total. The molecule has 144 valence electrons. The molecule has 1 fully saturated rings. The van der Waals surface area contributed by atoms with Crippen molar-refractivity contribution in [2.75, 3.05) is 13.2 Å². The first-order valence-corrected chi connectivity index (χ1v) is 9.38. The molecule has 0 saturated carbocycles. The van der Waals surface area contributed by atoms with E-state index >= 15 is 0 Å². The molecular weight excluding hydrogens is 346 g/mol. The largest absolute Gasteiger partial charge is 0.451 e. The van der Waals surface area contributed by atoms with Gasteiger partial charge in [-0.1, -0.05) is 18.2 Å². The van der Waals surface area contributed by atoms with Crippen LogP contribution in [0.3, 0.4) is 0 Å². The lowest BCUT2D eigenvalue weighted by Crippen LogP contribution is -2.44. The lowest BCUT2D eigenvalue weighted by atomic mass is 10.0. The second-order valence-electron chi connectivity index (χ2n) is 7.25. The van der Waals surface area contributed by atoms with Crippen molar-refractivity contribution < 1.29 is 14.3 Å². The van der Waals surface area contributed by atoms with Crippen LogP contribution in [-0.4, -0.2) is 45.8 Å². The fourth-order valence-corrected chi connectivity index (χ4v) is 3.45. The summed E-state index contributed by atoms with van der Waals surface area (Å²) in [6, 6.07) is 6.76. The van der Waals surface area contributed by atoms with E-state index in [0.29, 0.717) is 17.3 Å². The summed E-state index contributed by atoms with van der Waals surface area (Å²) < 4.78 is 6.54. The van der Waals surface area contributed by atoms with Gasteiger partial charge >= 0.3 is 5.97 Å². The highest BCUT2D eigenvalue weighted by Crippen LogP contribution is 2.18. The summed E-state index contributed by atoms with van der Waals surface area (Å²) in [7, 11) is 0. The molecule has 27 heavy (non-hydrogen) atoms. The Morgan fingerprint density at radius 2 is 1.93 bits per heavy atom. The minimum Gasteiger partial charge on any atom is -0.451 e. The summed E-state index contributed by atoms with van der Waals surface area (Å²) >= 11 is 0. The van der Waals surface area contributed by atoms with Gasteiger partial charge in [0.25, 0.3) is 11.5 Å². The first-order chi connectivity index (χ1) is 12.9. The minimum atomic E-state index is -0.696. The number of aromatic nitrogens is 2. The minimum absolute atomic E-state index is 0.0541. The summed E-state index contributed by atoms with van der Waals surface area (Å²) in [6.07, 6.45) is 3.04. The highest BCUT2D eigenvalue weighted by molar-refractivity contribution is 6.02. The summed E-state index contributed by atoms with van der Waals surface area (Å²) in [5, 5.41) is 5.05. The molecule has 2 aromatic rings. The summed E-state index contributed by atoms with van der Waals surface area (Å²) in [4.78, 5) is 39.4. The Morgan fingerprint density at radius 3 is 2.59 bits per heavy atom. The Balaban J connectivity index is 1.84. The lowest BCUT2D eigenvalue weighted by molar-refractivity contribution is -0.137. The number of carbonyl (C=O) groups is 2. The molecule has 0 radical (unpaired) electrons. The van der Waals surface area contributed by atoms with Crippen molar-refractivity contribution in [2.24, 2.45) is 0 Å². The molecule has 1 unspecified atom stereocenters. The monoisotopic (exact) mass is 371 g/mol. The van der Waals surface area contributed by atoms with Crippen LogP contribution >= 0.6 is 0 Å². The van der Waals surface area contributed by atoms with E-state index in [0.717, 1.165) is 19.3 Å². The van der Waals surface area contributed by atoms with Crippen LogP contribution in [0.1, 0.15) is 56.6 Å². The van der Waals surface area contributed by atoms with Gasteiger partial charge in [0.1, 0.15) is 0 Å². The van der Waals surface area contributed by atoms with Crippen molar-refractivity contribution in [3.8, 4) is 0 Å². The van der Waals surface area contributed by atoms with Gasteiger partial charge in [0.05, 0.1) is 11.4 Å². The quantitative estimate of drug-likeness (QED) is 0.772. The fraction of sp³-hybridized carbons (Fsp3) is 0.500. The standard InChI is InChI=1S/C20H25N3O4/c1-13(2)23-19(25)16-10-5-4-9-15(16)18(21-23)20(26)27-12-17(24)22-11-7-6-8-14(22)3/h4-5,9-10,13-14H,6-8,11-12H2,1-3H3. The number of fused-ring (bicyclic) bond motifs is 1. The average molecular weight is 371 g/mol. The molecule has 1 aliphatic heterocycles. The van der Waals surface area contributed by atoms with Crippen LogP contribution in [0.15, 0.2) is 29.1 Å². The maximum atomic E-state index is 12.6. The maximum Gasteiger partial charge on any atom is 0.359 e. The van der Waals surface area contributed by atoms with Crippen LogP contribution in [0, 0.1) is 0 Å². The maximum absolute atomic E-state index is 12.6. The molecule has 1 aromatic carbocycles. The van der Waals surface area contributed by atoms with E-state index in [1.165, 1.54) is 4.68 Å². The topological polar surface area (TPSA) is 81.5 Å². The van der Waals surface area contributed by atoms with Gasteiger partial charge in [0.15, 0.2) is 12.3 Å². The SMILES string of the molecule is CC1CCCCN1C(=O)COC(=O)c1nn(C(C)C)c(=O)c2ccccc12. The van der Waals surface area contributed by atoms with E-state index in [1.54, 1.807) is 29.2 Å². The third kappa shape index (κ3) is 3.86. The highest BCUT2D eigenvalue weighted by atomic mass is 16.5. The number of esters is 1. The van der Waals surface area contributed by atoms with E-state index in [9.17, 15) is 14.4 Å². The zero-order chi connectivity index (χ0) is 19.6. The molecule has 1 aliphatic rings. The second kappa shape index (κ2) is 7.90. The number of benzene rings is 1. The Labute approximate surface area is 157 Å². The Morgan fingerprint density at radius 1 is 1.22 bits per heavy atom. The predicted octanol–water partition coefficient (Wildman–Crippen LogP) is 2.54. The van der Waals surface area contributed by atoms with Crippen LogP contribution < -0.4 is 5.56 Å². The molecule has 1 atom stereocenters. The van der Waals surface area contributed by atoms with Crippen molar-refractivity contribution in [1.82, 2.24) is 14.7 Å². The van der Waals surface area contributed by atoms with Crippen LogP contribution in [-0.2, 0) is 9.53 Å². The van der Waals surface area contributed by atoms with Crippen LogP contribution in [0.4, 0.5) is 0 Å². The number of piperidine rings is 1. The molecule has 0 bridgehead atoms. The number of carbonyl (C=O) groups excluding carboxylic acids is 2. The van der Waals surface area contributed by atoms with E-state index in [4.69, 9.17) is 4.74 Å². The zero-order valence-corrected chi connectivity index (χ0v) is 16.0. The number of hydrogen-bond donors (Lipinski definition) is 0. The van der Waals surface area contributed by atoms with Gasteiger partial charge in [-0.3, -0.25) is 9.59 Å². The van der Waals surface area contributed by atoms with Crippen molar-refractivity contribution >= 4 is 22.6 Å². The van der Waals surface area contributed by atoms with Gasteiger partial charge in [0.2, 0.25) is 0 Å². The molecular formula is C20H25N3O4. The average Bonchev–Trinajstić information content (AvgIpc) is 2.66. The third-order valence-corrected chi connectivity index (χ3v) is 4.96. The molecule has 1 saturated heterocycles. The summed E-state index contributed by atoms with van der Waals surface area (Å²) in [5.74, 6) is -0.893. The van der Waals surface area contributed by atoms with Crippen LogP contribution in [0.25, 0.3) is 10.8 Å². The molecule has 0 N–H and O–H groups in total. The number of amides is 1. The van der Waals surface area contributed by atoms with Crippen molar-refractivity contribution in [3.05, 3.63) is 40.3 Å². The predicted molar refractivity (Wildman–Crippen MR) is 102 cm³/mol. The van der Waals surface area contributed by atoms with Gasteiger partial charge in [-0.2, -0.15) is 5.10 Å². The number of ether oxygens (including phenoxy) is 1. The smallest absolute Gasteiger partial charge is 0.359 e. The highest BCUT2D eigenvalue weighted by Gasteiger charge is 2.25. The Bertz CT molecular complexity index is 919.